The lowest BCUT2D eigenvalue weighted by Gasteiger charge is -2.09. The normalized spacial score (nSPS) is 10.8. The summed E-state index contributed by atoms with van der Waals surface area (Å²) >= 11 is 0. The zero-order valence-electron chi connectivity index (χ0n) is 20.1. The standard InChI is InChI=1S/C28H29N3O5/c1-2-34-16-14-19-6-5-9-25-22(19)18-26(36-25)28(33)30-15-17-35-21-12-10-20(11-13-21)27(32)31-24-8-4-3-7-23(24)29/h3-13,18H,2,14-17,29H2,1H3,(H,30,33)(H,31,32). The summed E-state index contributed by atoms with van der Waals surface area (Å²) in [5, 5.41) is 6.50. The number of anilines is 2. The molecule has 0 aliphatic rings. The first kappa shape index (κ1) is 24.8. The molecule has 0 aliphatic heterocycles. The van der Waals surface area contributed by atoms with Crippen LogP contribution in [0, 0.1) is 0 Å². The fourth-order valence-corrected chi connectivity index (χ4v) is 3.71. The van der Waals surface area contributed by atoms with Gasteiger partial charge < -0.3 is 30.3 Å². The van der Waals surface area contributed by atoms with E-state index < -0.39 is 0 Å². The second-order valence-corrected chi connectivity index (χ2v) is 8.06. The van der Waals surface area contributed by atoms with Crippen LogP contribution in [-0.2, 0) is 11.2 Å². The molecule has 0 atom stereocenters. The fraction of sp³-hybridized carbons (Fsp3) is 0.214. The third-order valence-corrected chi connectivity index (χ3v) is 5.58. The molecule has 2 amide bonds. The van der Waals surface area contributed by atoms with E-state index in [2.05, 4.69) is 10.6 Å². The van der Waals surface area contributed by atoms with Gasteiger partial charge in [-0.25, -0.2) is 0 Å². The van der Waals surface area contributed by atoms with Gasteiger partial charge in [0.1, 0.15) is 17.9 Å². The van der Waals surface area contributed by atoms with Gasteiger partial charge in [-0.1, -0.05) is 24.3 Å². The number of fused-ring (bicyclic) bond motifs is 1. The molecule has 36 heavy (non-hydrogen) atoms. The average molecular weight is 488 g/mol. The van der Waals surface area contributed by atoms with Crippen LogP contribution in [0.3, 0.4) is 0 Å². The van der Waals surface area contributed by atoms with E-state index >= 15 is 0 Å². The quantitative estimate of drug-likeness (QED) is 0.209. The van der Waals surface area contributed by atoms with Crippen molar-refractivity contribution in [1.82, 2.24) is 5.32 Å². The maximum absolute atomic E-state index is 12.6. The van der Waals surface area contributed by atoms with Crippen LogP contribution < -0.4 is 21.1 Å². The Labute approximate surface area is 209 Å². The van der Waals surface area contributed by atoms with E-state index in [1.54, 1.807) is 54.6 Å². The lowest BCUT2D eigenvalue weighted by atomic mass is 10.1. The van der Waals surface area contributed by atoms with Gasteiger partial charge in [-0.3, -0.25) is 9.59 Å². The SMILES string of the molecule is CCOCCc1cccc2oc(C(=O)NCCOc3ccc(C(=O)Nc4ccccc4N)cc3)cc12. The first-order valence-corrected chi connectivity index (χ1v) is 11.8. The van der Waals surface area contributed by atoms with Crippen molar-refractivity contribution in [1.29, 1.82) is 0 Å². The molecule has 0 radical (unpaired) electrons. The number of nitrogens with one attached hydrogen (secondary N) is 2. The van der Waals surface area contributed by atoms with Crippen molar-refractivity contribution in [2.24, 2.45) is 0 Å². The molecule has 186 valence electrons. The first-order chi connectivity index (χ1) is 17.5. The maximum Gasteiger partial charge on any atom is 0.287 e. The van der Waals surface area contributed by atoms with Gasteiger partial charge >= 0.3 is 0 Å². The van der Waals surface area contributed by atoms with E-state index in [-0.39, 0.29) is 24.2 Å². The summed E-state index contributed by atoms with van der Waals surface area (Å²) in [7, 11) is 0. The highest BCUT2D eigenvalue weighted by atomic mass is 16.5. The number of amides is 2. The smallest absolute Gasteiger partial charge is 0.287 e. The van der Waals surface area contributed by atoms with Crippen molar-refractivity contribution in [2.75, 3.05) is 37.4 Å². The van der Waals surface area contributed by atoms with Gasteiger partial charge in [0.05, 0.1) is 24.5 Å². The van der Waals surface area contributed by atoms with Crippen LogP contribution in [0.4, 0.5) is 11.4 Å². The highest BCUT2D eigenvalue weighted by Crippen LogP contribution is 2.24. The molecule has 0 bridgehead atoms. The van der Waals surface area contributed by atoms with Crippen LogP contribution in [0.1, 0.15) is 33.4 Å². The third-order valence-electron chi connectivity index (χ3n) is 5.58. The largest absolute Gasteiger partial charge is 0.492 e. The molecule has 0 unspecified atom stereocenters. The molecule has 0 fully saturated rings. The molecule has 3 aromatic carbocycles. The highest BCUT2D eigenvalue weighted by Gasteiger charge is 2.14. The van der Waals surface area contributed by atoms with Crippen LogP contribution >= 0.6 is 0 Å². The monoisotopic (exact) mass is 487 g/mol. The molecule has 0 saturated carbocycles. The zero-order valence-corrected chi connectivity index (χ0v) is 20.1. The Morgan fingerprint density at radius 3 is 2.53 bits per heavy atom. The summed E-state index contributed by atoms with van der Waals surface area (Å²) in [6, 6.07) is 21.3. The number of rotatable bonds is 11. The van der Waals surface area contributed by atoms with E-state index in [1.165, 1.54) is 0 Å². The third kappa shape index (κ3) is 6.22. The average Bonchev–Trinajstić information content (AvgIpc) is 3.34. The minimum absolute atomic E-state index is 0.253. The van der Waals surface area contributed by atoms with Crippen molar-refractivity contribution >= 4 is 34.2 Å². The summed E-state index contributed by atoms with van der Waals surface area (Å²) in [4.78, 5) is 25.0. The number of benzene rings is 3. The summed E-state index contributed by atoms with van der Waals surface area (Å²) < 4.78 is 16.9. The number of ether oxygens (including phenoxy) is 2. The topological polar surface area (TPSA) is 116 Å². The van der Waals surface area contributed by atoms with Crippen molar-refractivity contribution in [2.45, 2.75) is 13.3 Å². The van der Waals surface area contributed by atoms with Crippen LogP contribution in [0.15, 0.2) is 77.2 Å². The van der Waals surface area contributed by atoms with Crippen molar-refractivity contribution < 1.29 is 23.5 Å². The van der Waals surface area contributed by atoms with E-state index in [4.69, 9.17) is 19.6 Å². The van der Waals surface area contributed by atoms with Crippen molar-refractivity contribution in [3.63, 3.8) is 0 Å². The molecule has 8 heteroatoms. The van der Waals surface area contributed by atoms with Gasteiger partial charge in [0.25, 0.3) is 11.8 Å². The maximum atomic E-state index is 12.6. The number of para-hydroxylation sites is 2. The Morgan fingerprint density at radius 2 is 1.75 bits per heavy atom. The summed E-state index contributed by atoms with van der Waals surface area (Å²) in [6.45, 7) is 3.80. The summed E-state index contributed by atoms with van der Waals surface area (Å²) in [6.07, 6.45) is 0.750. The molecule has 4 rings (SSSR count). The Bertz CT molecular complexity index is 1330. The Hall–Kier alpha value is -4.30. The van der Waals surface area contributed by atoms with Crippen LogP contribution in [0.5, 0.6) is 5.75 Å². The minimum Gasteiger partial charge on any atom is -0.492 e. The summed E-state index contributed by atoms with van der Waals surface area (Å²) in [5.74, 6) is 0.266. The van der Waals surface area contributed by atoms with E-state index in [1.807, 2.05) is 25.1 Å². The number of hydrogen-bond donors (Lipinski definition) is 3. The molecule has 8 nitrogen and oxygen atoms in total. The molecule has 4 N–H and O–H groups in total. The zero-order chi connectivity index (χ0) is 25.3. The van der Waals surface area contributed by atoms with E-state index in [9.17, 15) is 9.59 Å². The Morgan fingerprint density at radius 1 is 0.944 bits per heavy atom. The van der Waals surface area contributed by atoms with E-state index in [0.29, 0.717) is 48.0 Å². The molecular weight excluding hydrogens is 458 g/mol. The number of furan rings is 1. The highest BCUT2D eigenvalue weighted by molar-refractivity contribution is 6.05. The number of hydrogen-bond acceptors (Lipinski definition) is 6. The van der Waals surface area contributed by atoms with Crippen LogP contribution in [0.2, 0.25) is 0 Å². The lowest BCUT2D eigenvalue weighted by molar-refractivity contribution is 0.0920. The van der Waals surface area contributed by atoms with Gasteiger partial charge in [-0.2, -0.15) is 0 Å². The van der Waals surface area contributed by atoms with Crippen molar-refractivity contribution in [3.05, 3.63) is 89.7 Å². The molecule has 0 aliphatic carbocycles. The fourth-order valence-electron chi connectivity index (χ4n) is 3.71. The van der Waals surface area contributed by atoms with Gasteiger partial charge in [-0.15, -0.1) is 0 Å². The van der Waals surface area contributed by atoms with Gasteiger partial charge in [-0.05, 0) is 67.4 Å². The second kappa shape index (κ2) is 11.9. The van der Waals surface area contributed by atoms with Gasteiger partial charge in [0.15, 0.2) is 5.76 Å². The number of nitrogens with two attached hydrogens (primary N) is 1. The molecule has 0 spiro atoms. The molecule has 1 aromatic heterocycles. The number of nitrogen functional groups attached to an aromatic ring is 1. The number of carbonyl (C=O) groups excluding carboxylic acids is 2. The van der Waals surface area contributed by atoms with Gasteiger partial charge in [0, 0.05) is 17.6 Å². The minimum atomic E-state index is -0.308. The molecule has 0 saturated heterocycles. The molecule has 4 aromatic rings. The van der Waals surface area contributed by atoms with Gasteiger partial charge in [0.2, 0.25) is 0 Å². The van der Waals surface area contributed by atoms with E-state index in [0.717, 1.165) is 17.4 Å². The van der Waals surface area contributed by atoms with Crippen molar-refractivity contribution in [3.8, 4) is 5.75 Å². The Kier molecular flexibility index (Phi) is 8.20. The lowest BCUT2D eigenvalue weighted by Crippen LogP contribution is -2.27. The molecular formula is C28H29N3O5. The molecule has 1 heterocycles. The van der Waals surface area contributed by atoms with Crippen LogP contribution in [0.25, 0.3) is 11.0 Å². The Balaban J connectivity index is 1.25. The first-order valence-electron chi connectivity index (χ1n) is 11.8. The predicted octanol–water partition coefficient (Wildman–Crippen LogP) is 4.66. The predicted molar refractivity (Wildman–Crippen MR) is 139 cm³/mol. The summed E-state index contributed by atoms with van der Waals surface area (Å²) in [5.41, 5.74) is 9.16. The number of carbonyl (C=O) groups is 2. The second-order valence-electron chi connectivity index (χ2n) is 8.06. The van der Waals surface area contributed by atoms with Crippen LogP contribution in [-0.4, -0.2) is 38.2 Å².